The number of aryl methyl sites for hydroxylation is 1. The molecular formula is C40H41N3O11. The third-order valence-electron chi connectivity index (χ3n) is 10.7. The number of aromatic nitrogens is 1. The van der Waals surface area contributed by atoms with E-state index in [1.54, 1.807) is 49.0 Å². The number of hydrogen-bond acceptors (Lipinski definition) is 12. The Labute approximate surface area is 310 Å². The number of hydrogen-bond donors (Lipinski definition) is 6. The topological polar surface area (TPSA) is 206 Å². The number of Topliss-reactive ketones (excluding diaryl/α,β-unsaturated/α-hetero) is 1. The van der Waals surface area contributed by atoms with Crippen molar-refractivity contribution in [3.8, 4) is 17.2 Å². The second-order valence-corrected chi connectivity index (χ2v) is 14.1. The van der Waals surface area contributed by atoms with Gasteiger partial charge in [-0.05, 0) is 49.7 Å². The second-order valence-electron chi connectivity index (χ2n) is 14.1. The van der Waals surface area contributed by atoms with E-state index in [1.165, 1.54) is 32.2 Å². The van der Waals surface area contributed by atoms with Crippen LogP contribution >= 0.6 is 0 Å². The van der Waals surface area contributed by atoms with Gasteiger partial charge in [-0.15, -0.1) is 0 Å². The number of phenols is 2. The van der Waals surface area contributed by atoms with Gasteiger partial charge in [-0.25, -0.2) is 0 Å². The fourth-order valence-corrected chi connectivity index (χ4v) is 7.67. The number of carbonyl (C=O) groups excluding carboxylic acids is 4. The number of aliphatic hydroxyl groups excluding tert-OH is 1. The van der Waals surface area contributed by atoms with Gasteiger partial charge in [0.05, 0.1) is 42.1 Å². The van der Waals surface area contributed by atoms with Crippen LogP contribution in [0.5, 0.6) is 17.2 Å². The molecule has 4 aromatic rings. The van der Waals surface area contributed by atoms with Crippen molar-refractivity contribution in [2.45, 2.75) is 75.9 Å². The van der Waals surface area contributed by atoms with Gasteiger partial charge in [0.25, 0.3) is 5.91 Å². The minimum Gasteiger partial charge on any atom is -0.507 e. The highest BCUT2D eigenvalue weighted by Gasteiger charge is 2.49. The lowest BCUT2D eigenvalue weighted by atomic mass is 9.72. The molecule has 0 saturated carbocycles. The fraction of sp³-hybridized carbons (Fsp3) is 0.350. The molecule has 54 heavy (non-hydrogen) atoms. The number of nitrogens with one attached hydrogen (secondary N) is 2. The van der Waals surface area contributed by atoms with Crippen molar-refractivity contribution in [3.05, 3.63) is 105 Å². The van der Waals surface area contributed by atoms with Crippen molar-refractivity contribution >= 4 is 28.9 Å². The number of fused-ring (bicyclic) bond motifs is 3. The number of carbonyl (C=O) groups is 4. The second kappa shape index (κ2) is 14.1. The molecule has 1 saturated heterocycles. The normalized spacial score (nSPS) is 24.7. The molecule has 2 aliphatic carbocycles. The quantitative estimate of drug-likeness (QED) is 0.120. The number of phenolic OH excluding ortho intramolecular Hbond substituents is 2. The highest BCUT2D eigenvalue weighted by atomic mass is 16.7. The van der Waals surface area contributed by atoms with Gasteiger partial charge in [0, 0.05) is 67.5 Å². The van der Waals surface area contributed by atoms with E-state index in [2.05, 4.69) is 10.6 Å². The molecule has 1 aromatic heterocycles. The van der Waals surface area contributed by atoms with E-state index in [0.717, 1.165) is 5.56 Å². The Morgan fingerprint density at radius 1 is 1.00 bits per heavy atom. The van der Waals surface area contributed by atoms with E-state index < -0.39 is 82.6 Å². The summed E-state index contributed by atoms with van der Waals surface area (Å²) in [5.41, 5.74) is -1.19. The number of ether oxygens (including phenoxy) is 3. The lowest BCUT2D eigenvalue weighted by Gasteiger charge is -2.43. The Morgan fingerprint density at radius 2 is 1.72 bits per heavy atom. The molecule has 6 atom stereocenters. The maximum atomic E-state index is 13.9. The van der Waals surface area contributed by atoms with Crippen LogP contribution < -0.4 is 15.4 Å². The number of aliphatic hydroxyl groups is 2. The van der Waals surface area contributed by atoms with Crippen molar-refractivity contribution < 1.29 is 53.8 Å². The van der Waals surface area contributed by atoms with E-state index in [1.807, 2.05) is 12.1 Å². The predicted molar refractivity (Wildman–Crippen MR) is 193 cm³/mol. The molecular weight excluding hydrogens is 698 g/mol. The zero-order valence-corrected chi connectivity index (χ0v) is 30.1. The number of anilines is 1. The molecule has 3 aromatic carbocycles. The summed E-state index contributed by atoms with van der Waals surface area (Å²) < 4.78 is 19.5. The van der Waals surface area contributed by atoms with Crippen molar-refractivity contribution in [1.82, 2.24) is 9.88 Å². The molecule has 282 valence electrons. The van der Waals surface area contributed by atoms with E-state index in [9.17, 15) is 39.6 Å². The Morgan fingerprint density at radius 3 is 2.39 bits per heavy atom. The zero-order valence-electron chi connectivity index (χ0n) is 30.1. The number of methoxy groups -OCH3 is 1. The summed E-state index contributed by atoms with van der Waals surface area (Å²) in [6.45, 7) is 3.19. The maximum Gasteiger partial charge on any atom is 0.272 e. The van der Waals surface area contributed by atoms with E-state index in [-0.39, 0.29) is 46.8 Å². The molecule has 1 aliphatic heterocycles. The molecule has 2 heterocycles. The lowest BCUT2D eigenvalue weighted by molar-refractivity contribution is -0.249. The van der Waals surface area contributed by atoms with Crippen molar-refractivity contribution in [2.75, 3.05) is 12.4 Å². The Bertz CT molecular complexity index is 2180. The van der Waals surface area contributed by atoms with E-state index >= 15 is 0 Å². The van der Waals surface area contributed by atoms with Gasteiger partial charge in [0.2, 0.25) is 5.78 Å². The van der Waals surface area contributed by atoms with Crippen molar-refractivity contribution in [1.29, 1.82) is 0 Å². The smallest absolute Gasteiger partial charge is 0.272 e. The third kappa shape index (κ3) is 6.35. The van der Waals surface area contributed by atoms with Gasteiger partial charge in [0.1, 0.15) is 28.5 Å². The lowest BCUT2D eigenvalue weighted by Crippen LogP contribution is -2.54. The number of rotatable bonds is 9. The highest BCUT2D eigenvalue weighted by Crippen LogP contribution is 2.52. The fourth-order valence-electron chi connectivity index (χ4n) is 7.67. The zero-order chi connectivity index (χ0) is 38.6. The van der Waals surface area contributed by atoms with Crippen LogP contribution in [-0.2, 0) is 34.3 Å². The molecule has 7 rings (SSSR count). The molecule has 0 radical (unpaired) electrons. The van der Waals surface area contributed by atoms with Gasteiger partial charge in [-0.2, -0.15) is 0 Å². The standard InChI is InChI=1S/C40H41N3O11/c1-19-34(45)25(41-18-21-10-12-22(13-11-21)42-39(50)26-8-6-14-43(26)3)15-29(53-19)54-28-17-40(51,20(2)44)16-24-31(28)38(49)33-32(36(24)47)35(46)23-7-5-9-27(52-4)30(23)37(33)48/h5-14,19,25,28-29,34,41,45,47,49,51H,15-18H2,1-4H3,(H,42,50)/t19?,25?,28-,29?,34?,40-/m0/s1. The summed E-state index contributed by atoms with van der Waals surface area (Å²) in [6.07, 6.45) is -2.94. The molecule has 14 heteroatoms. The van der Waals surface area contributed by atoms with E-state index in [0.29, 0.717) is 17.9 Å². The molecule has 0 spiro atoms. The molecule has 1 fully saturated rings. The molecule has 3 aliphatic rings. The Balaban J connectivity index is 1.13. The first-order chi connectivity index (χ1) is 25.7. The van der Waals surface area contributed by atoms with Crippen LogP contribution in [0.2, 0.25) is 0 Å². The highest BCUT2D eigenvalue weighted by molar-refractivity contribution is 6.31. The van der Waals surface area contributed by atoms with Crippen LogP contribution in [0.15, 0.2) is 60.8 Å². The molecule has 4 unspecified atom stereocenters. The third-order valence-corrected chi connectivity index (χ3v) is 10.7. The van der Waals surface area contributed by atoms with Crippen LogP contribution in [-0.4, -0.2) is 85.5 Å². The molecule has 0 bridgehead atoms. The first kappa shape index (κ1) is 37.0. The molecule has 1 amide bonds. The average molecular weight is 740 g/mol. The van der Waals surface area contributed by atoms with Crippen molar-refractivity contribution in [3.63, 3.8) is 0 Å². The SMILES string of the molecule is COc1cccc2c1C(=O)c1c(O)c3c(c(O)c1C2=O)C[C@@](O)(C(C)=O)C[C@@H]3OC1CC(NCc2ccc(NC(=O)c3cccn3C)cc2)C(O)C(C)O1. The Kier molecular flexibility index (Phi) is 9.66. The first-order valence-electron chi connectivity index (χ1n) is 17.6. The van der Waals surface area contributed by atoms with Crippen LogP contribution in [0.1, 0.15) is 91.8 Å². The van der Waals surface area contributed by atoms with Crippen LogP contribution in [0.3, 0.4) is 0 Å². The minimum atomic E-state index is -2.05. The summed E-state index contributed by atoms with van der Waals surface area (Å²) >= 11 is 0. The number of nitrogens with zero attached hydrogens (tertiary/aromatic N) is 1. The Hall–Kier alpha value is -5.38. The van der Waals surface area contributed by atoms with Gasteiger partial charge in [0.15, 0.2) is 17.9 Å². The monoisotopic (exact) mass is 739 g/mol. The summed E-state index contributed by atoms with van der Waals surface area (Å²) in [4.78, 5) is 53.1. The van der Waals surface area contributed by atoms with Gasteiger partial charge < -0.3 is 49.8 Å². The maximum absolute atomic E-state index is 13.9. The number of benzene rings is 3. The van der Waals surface area contributed by atoms with E-state index in [4.69, 9.17) is 14.2 Å². The van der Waals surface area contributed by atoms with Crippen molar-refractivity contribution in [2.24, 2.45) is 7.05 Å². The van der Waals surface area contributed by atoms with Gasteiger partial charge >= 0.3 is 0 Å². The van der Waals surface area contributed by atoms with Gasteiger partial charge in [-0.3, -0.25) is 19.2 Å². The largest absolute Gasteiger partial charge is 0.507 e. The summed E-state index contributed by atoms with van der Waals surface area (Å²) in [5.74, 6) is -3.51. The van der Waals surface area contributed by atoms with Gasteiger partial charge in [-0.1, -0.05) is 24.3 Å². The number of ketones is 3. The van der Waals surface area contributed by atoms with Crippen LogP contribution in [0, 0.1) is 0 Å². The number of aromatic hydroxyl groups is 2. The van der Waals surface area contributed by atoms with Crippen LogP contribution in [0.25, 0.3) is 0 Å². The molecule has 6 N–H and O–H groups in total. The minimum absolute atomic E-state index is 0.0284. The first-order valence-corrected chi connectivity index (χ1v) is 17.6. The molecule has 14 nitrogen and oxygen atoms in total. The van der Waals surface area contributed by atoms with Crippen LogP contribution in [0.4, 0.5) is 5.69 Å². The number of amides is 1. The summed E-state index contributed by atoms with van der Waals surface area (Å²) in [5, 5.41) is 52.2. The summed E-state index contributed by atoms with van der Waals surface area (Å²) in [6, 6.07) is 14.6. The summed E-state index contributed by atoms with van der Waals surface area (Å²) in [7, 11) is 3.13. The average Bonchev–Trinajstić information content (AvgIpc) is 3.58. The predicted octanol–water partition coefficient (Wildman–Crippen LogP) is 3.45.